The van der Waals surface area contributed by atoms with Gasteiger partial charge in [-0.25, -0.2) is 0 Å². The van der Waals surface area contributed by atoms with Crippen molar-refractivity contribution in [2.75, 3.05) is 0 Å². The van der Waals surface area contributed by atoms with Crippen molar-refractivity contribution in [1.29, 1.82) is 0 Å². The van der Waals surface area contributed by atoms with Crippen LogP contribution in [0.15, 0.2) is 24.8 Å². The highest BCUT2D eigenvalue weighted by Crippen LogP contribution is 2.33. The third-order valence-electron chi connectivity index (χ3n) is 11.9. The van der Waals surface area contributed by atoms with Crippen molar-refractivity contribution in [1.82, 2.24) is 0 Å². The molecule has 0 aliphatic carbocycles. The van der Waals surface area contributed by atoms with Crippen molar-refractivity contribution in [2.45, 2.75) is 210 Å². The summed E-state index contributed by atoms with van der Waals surface area (Å²) >= 11 is 0. The maximum absolute atomic E-state index is 4.18. The first-order chi connectivity index (χ1) is 21.2. The molecule has 0 rings (SSSR count). The van der Waals surface area contributed by atoms with Gasteiger partial charge in [0, 0.05) is 0 Å². The predicted molar refractivity (Wildman–Crippen MR) is 205 cm³/mol. The van der Waals surface area contributed by atoms with Crippen LogP contribution in [0.4, 0.5) is 0 Å². The molecule has 0 amide bonds. The van der Waals surface area contributed by atoms with Crippen LogP contribution in [0.5, 0.6) is 0 Å². The summed E-state index contributed by atoms with van der Waals surface area (Å²) in [6.07, 6.45) is 39.6. The van der Waals surface area contributed by atoms with Crippen molar-refractivity contribution in [2.24, 2.45) is 47.3 Å². The largest absolute Gasteiger partial charge is 0.103 e. The molecule has 0 aliphatic rings. The lowest BCUT2D eigenvalue weighted by atomic mass is 9.77. The van der Waals surface area contributed by atoms with Crippen LogP contribution < -0.4 is 0 Å². The smallest absolute Gasteiger partial charge is 0.0210 e. The van der Waals surface area contributed by atoms with Crippen molar-refractivity contribution >= 4 is 0 Å². The highest BCUT2D eigenvalue weighted by molar-refractivity contribution is 4.89. The van der Waals surface area contributed by atoms with Crippen molar-refractivity contribution in [3.63, 3.8) is 0 Å². The zero-order valence-corrected chi connectivity index (χ0v) is 32.3. The van der Waals surface area contributed by atoms with Crippen molar-refractivity contribution in [3.05, 3.63) is 24.8 Å². The van der Waals surface area contributed by atoms with Gasteiger partial charge in [0.2, 0.25) is 0 Å². The zero-order chi connectivity index (χ0) is 33.0. The Labute approximate surface area is 281 Å². The number of hydrogen-bond donors (Lipinski definition) is 0. The normalized spacial score (nSPS) is 17.7. The predicted octanol–water partition coefficient (Wildman–Crippen LogP) is 15.8. The highest BCUT2D eigenvalue weighted by Gasteiger charge is 2.22. The quantitative estimate of drug-likeness (QED) is 0.0522. The van der Waals surface area contributed by atoms with Crippen LogP contribution in [-0.2, 0) is 0 Å². The van der Waals surface area contributed by atoms with Gasteiger partial charge in [-0.3, -0.25) is 0 Å². The summed E-state index contributed by atoms with van der Waals surface area (Å²) in [6.45, 7) is 25.9. The van der Waals surface area contributed by atoms with Gasteiger partial charge >= 0.3 is 0 Å². The second kappa shape index (κ2) is 29.9. The van der Waals surface area contributed by atoms with Gasteiger partial charge in [0.25, 0.3) is 0 Å². The minimum atomic E-state index is 0.646. The second-order valence-corrected chi connectivity index (χ2v) is 15.6. The summed E-state index contributed by atoms with van der Waals surface area (Å²) in [5.41, 5.74) is 0. The van der Waals surface area contributed by atoms with Crippen molar-refractivity contribution in [3.8, 4) is 0 Å². The van der Waals surface area contributed by atoms with Gasteiger partial charge in [0.05, 0.1) is 0 Å². The molecule has 262 valence electrons. The average molecular weight is 615 g/mol. The van der Waals surface area contributed by atoms with E-state index in [0.717, 1.165) is 41.4 Å². The Morgan fingerprint density at radius 3 is 1.55 bits per heavy atom. The van der Waals surface area contributed by atoms with Gasteiger partial charge in [-0.15, -0.1) is 6.58 Å². The van der Waals surface area contributed by atoms with Gasteiger partial charge < -0.3 is 0 Å². The minimum Gasteiger partial charge on any atom is -0.103 e. The molecule has 0 saturated carbocycles. The molecular formula is C44H86. The molecule has 0 aromatic heterocycles. The highest BCUT2D eigenvalue weighted by atomic mass is 14.3. The fourth-order valence-corrected chi connectivity index (χ4v) is 7.87. The Balaban J connectivity index is 4.24. The molecular weight excluding hydrogens is 528 g/mol. The minimum absolute atomic E-state index is 0.646. The average Bonchev–Trinajstić information content (AvgIpc) is 3.02. The van der Waals surface area contributed by atoms with E-state index in [2.05, 4.69) is 87.1 Å². The van der Waals surface area contributed by atoms with Crippen LogP contribution in [0.25, 0.3) is 0 Å². The lowest BCUT2D eigenvalue weighted by Gasteiger charge is -2.28. The number of rotatable bonds is 32. The topological polar surface area (TPSA) is 0 Å². The molecule has 0 nitrogen and oxygen atoms in total. The Bertz CT molecular complexity index is 630. The number of allylic oxidation sites excluding steroid dienone is 3. The summed E-state index contributed by atoms with van der Waals surface area (Å²) < 4.78 is 0. The van der Waals surface area contributed by atoms with E-state index < -0.39 is 0 Å². The SMILES string of the molecule is C=CC(C)C(CCCCC(C)C(C=CCC)CC)C(C)CCCCCCCCCC(CCCCC)CCCC(C)C(C)CC. The molecule has 8 atom stereocenters. The second-order valence-electron chi connectivity index (χ2n) is 15.6. The number of unbranched alkanes of at least 4 members (excludes halogenated alkanes) is 9. The number of hydrogen-bond acceptors (Lipinski definition) is 0. The molecule has 44 heavy (non-hydrogen) atoms. The zero-order valence-electron chi connectivity index (χ0n) is 32.3. The van der Waals surface area contributed by atoms with Crippen LogP contribution in [-0.4, -0.2) is 0 Å². The Kier molecular flexibility index (Phi) is 29.5. The molecule has 0 aliphatic heterocycles. The fraction of sp³-hybridized carbons (Fsp3) is 0.909. The first-order valence-corrected chi connectivity index (χ1v) is 20.5. The van der Waals surface area contributed by atoms with E-state index in [4.69, 9.17) is 0 Å². The molecule has 0 aromatic rings. The summed E-state index contributed by atoms with van der Waals surface area (Å²) in [5.74, 6) is 6.66. The molecule has 0 fully saturated rings. The van der Waals surface area contributed by atoms with Crippen LogP contribution in [0, 0.1) is 47.3 Å². The van der Waals surface area contributed by atoms with E-state index in [1.165, 1.54) is 148 Å². The van der Waals surface area contributed by atoms with Crippen LogP contribution >= 0.6 is 0 Å². The van der Waals surface area contributed by atoms with Gasteiger partial charge in [-0.2, -0.15) is 0 Å². The van der Waals surface area contributed by atoms with Crippen LogP contribution in [0.1, 0.15) is 210 Å². The molecule has 0 saturated heterocycles. The fourth-order valence-electron chi connectivity index (χ4n) is 7.87. The summed E-state index contributed by atoms with van der Waals surface area (Å²) in [7, 11) is 0. The standard InChI is InChI=1S/C44H86/c1-11-16-23-32-42(34-28-31-39(8)37(6)13-3)33-25-22-20-18-19-21-24-30-41(10)44(38(7)14-4)36-27-26-29-40(9)43(15-5)35-17-12-2/h14,17,35,37-44H,4,11-13,15-16,18-34,36H2,1-3,5-10H3. The molecule has 0 bridgehead atoms. The van der Waals surface area contributed by atoms with Gasteiger partial charge in [-0.05, 0) is 66.6 Å². The van der Waals surface area contributed by atoms with E-state index in [-0.39, 0.29) is 0 Å². The third-order valence-corrected chi connectivity index (χ3v) is 11.9. The maximum atomic E-state index is 4.18. The molecule has 0 heterocycles. The van der Waals surface area contributed by atoms with Gasteiger partial charge in [-0.1, -0.05) is 209 Å². The Morgan fingerprint density at radius 2 is 0.977 bits per heavy atom. The lowest BCUT2D eigenvalue weighted by Crippen LogP contribution is -2.19. The van der Waals surface area contributed by atoms with Crippen molar-refractivity contribution < 1.29 is 0 Å². The van der Waals surface area contributed by atoms with E-state index >= 15 is 0 Å². The van der Waals surface area contributed by atoms with Gasteiger partial charge in [0.15, 0.2) is 0 Å². The molecule has 0 spiro atoms. The Morgan fingerprint density at radius 1 is 0.477 bits per heavy atom. The van der Waals surface area contributed by atoms with Crippen LogP contribution in [0.2, 0.25) is 0 Å². The first kappa shape index (κ1) is 43.5. The molecule has 0 heteroatoms. The van der Waals surface area contributed by atoms with E-state index in [1.54, 1.807) is 0 Å². The maximum Gasteiger partial charge on any atom is -0.0210 e. The summed E-state index contributed by atoms with van der Waals surface area (Å²) in [4.78, 5) is 0. The molecule has 0 aromatic carbocycles. The first-order valence-electron chi connectivity index (χ1n) is 20.5. The molecule has 8 unspecified atom stereocenters. The lowest BCUT2D eigenvalue weighted by molar-refractivity contribution is 0.244. The third kappa shape index (κ3) is 22.1. The molecule has 0 N–H and O–H groups in total. The van der Waals surface area contributed by atoms with E-state index in [0.29, 0.717) is 5.92 Å². The Hall–Kier alpha value is -0.520. The van der Waals surface area contributed by atoms with E-state index in [9.17, 15) is 0 Å². The summed E-state index contributed by atoms with van der Waals surface area (Å²) in [6, 6.07) is 0. The molecule has 0 radical (unpaired) electrons. The van der Waals surface area contributed by atoms with Crippen LogP contribution in [0.3, 0.4) is 0 Å². The van der Waals surface area contributed by atoms with Gasteiger partial charge in [0.1, 0.15) is 0 Å². The monoisotopic (exact) mass is 615 g/mol. The summed E-state index contributed by atoms with van der Waals surface area (Å²) in [5, 5.41) is 0. The van der Waals surface area contributed by atoms with E-state index in [1.807, 2.05) is 0 Å².